The number of para-hydroxylation sites is 1. The van der Waals surface area contributed by atoms with E-state index in [1.807, 2.05) is 48.2 Å². The van der Waals surface area contributed by atoms with Crippen molar-refractivity contribution in [3.63, 3.8) is 0 Å². The highest BCUT2D eigenvalue weighted by Crippen LogP contribution is 2.15. The largest absolute Gasteiger partial charge is 0.347 e. The monoisotopic (exact) mass is 309 g/mol. The SMILES string of the molecule is CCN(/C=C(/C#N)C(=O)Nc1ccc(F)cc1)c1ccccc1. The van der Waals surface area contributed by atoms with Crippen molar-refractivity contribution in [2.24, 2.45) is 0 Å². The second kappa shape index (κ2) is 7.76. The van der Waals surface area contributed by atoms with Crippen LogP contribution in [0.15, 0.2) is 66.4 Å². The van der Waals surface area contributed by atoms with Crippen LogP contribution in [0.4, 0.5) is 15.8 Å². The summed E-state index contributed by atoms with van der Waals surface area (Å²) >= 11 is 0. The second-order valence-electron chi connectivity index (χ2n) is 4.74. The average molecular weight is 309 g/mol. The number of amides is 1. The number of nitrogens with zero attached hydrogens (tertiary/aromatic N) is 2. The number of benzene rings is 2. The first-order chi connectivity index (χ1) is 11.1. The molecule has 0 spiro atoms. The fourth-order valence-corrected chi connectivity index (χ4v) is 1.99. The Hall–Kier alpha value is -3.13. The van der Waals surface area contributed by atoms with Crippen molar-refractivity contribution in [3.05, 3.63) is 72.2 Å². The molecule has 2 aromatic carbocycles. The fourth-order valence-electron chi connectivity index (χ4n) is 1.99. The molecule has 5 heteroatoms. The van der Waals surface area contributed by atoms with Crippen molar-refractivity contribution >= 4 is 17.3 Å². The van der Waals surface area contributed by atoms with Gasteiger partial charge in [-0.2, -0.15) is 5.26 Å². The van der Waals surface area contributed by atoms with Gasteiger partial charge in [-0.15, -0.1) is 0 Å². The standard InChI is InChI=1S/C18H16FN3O/c1-2-22(17-6-4-3-5-7-17)13-14(12-20)18(23)21-16-10-8-15(19)9-11-16/h3-11,13H,2H2,1H3,(H,21,23)/b14-13-. The van der Waals surface area contributed by atoms with E-state index in [1.165, 1.54) is 30.5 Å². The van der Waals surface area contributed by atoms with E-state index in [4.69, 9.17) is 0 Å². The molecule has 0 aliphatic rings. The lowest BCUT2D eigenvalue weighted by molar-refractivity contribution is -0.112. The Labute approximate surface area is 134 Å². The summed E-state index contributed by atoms with van der Waals surface area (Å²) in [6, 6.07) is 16.7. The van der Waals surface area contributed by atoms with Gasteiger partial charge in [-0.05, 0) is 43.3 Å². The molecule has 4 nitrogen and oxygen atoms in total. The summed E-state index contributed by atoms with van der Waals surface area (Å²) in [5.74, 6) is -0.922. The molecule has 0 unspecified atom stereocenters. The quantitative estimate of drug-likeness (QED) is 0.677. The van der Waals surface area contributed by atoms with Crippen molar-refractivity contribution in [2.75, 3.05) is 16.8 Å². The third kappa shape index (κ3) is 4.42. The van der Waals surface area contributed by atoms with Crippen molar-refractivity contribution in [3.8, 4) is 6.07 Å². The van der Waals surface area contributed by atoms with Gasteiger partial charge in [0.15, 0.2) is 0 Å². The van der Waals surface area contributed by atoms with Crippen molar-refractivity contribution < 1.29 is 9.18 Å². The number of nitrogens with one attached hydrogen (secondary N) is 1. The summed E-state index contributed by atoms with van der Waals surface area (Å²) in [5.41, 5.74) is 1.29. The van der Waals surface area contributed by atoms with Gasteiger partial charge in [0, 0.05) is 24.1 Å². The van der Waals surface area contributed by atoms with E-state index in [0.717, 1.165) is 5.69 Å². The molecule has 0 saturated heterocycles. The first kappa shape index (κ1) is 16.2. The molecule has 0 fully saturated rings. The van der Waals surface area contributed by atoms with Gasteiger partial charge in [-0.3, -0.25) is 4.79 Å². The van der Waals surface area contributed by atoms with E-state index >= 15 is 0 Å². The maximum Gasteiger partial charge on any atom is 0.267 e. The molecule has 1 amide bonds. The Morgan fingerprint density at radius 3 is 2.43 bits per heavy atom. The van der Waals surface area contributed by atoms with E-state index in [1.54, 1.807) is 0 Å². The first-order valence-corrected chi connectivity index (χ1v) is 7.14. The van der Waals surface area contributed by atoms with Crippen LogP contribution >= 0.6 is 0 Å². The van der Waals surface area contributed by atoms with Crippen LogP contribution in [-0.2, 0) is 4.79 Å². The van der Waals surface area contributed by atoms with Gasteiger partial charge in [-0.1, -0.05) is 18.2 Å². The van der Waals surface area contributed by atoms with Gasteiger partial charge >= 0.3 is 0 Å². The highest BCUT2D eigenvalue weighted by atomic mass is 19.1. The van der Waals surface area contributed by atoms with Gasteiger partial charge in [-0.25, -0.2) is 4.39 Å². The van der Waals surface area contributed by atoms with Gasteiger partial charge in [0.1, 0.15) is 17.5 Å². The molecule has 2 aromatic rings. The number of hydrogen-bond acceptors (Lipinski definition) is 3. The number of carbonyl (C=O) groups is 1. The molecule has 0 aromatic heterocycles. The molecule has 0 bridgehead atoms. The van der Waals surface area contributed by atoms with Crippen LogP contribution in [0.3, 0.4) is 0 Å². The molecule has 0 radical (unpaired) electrons. The Morgan fingerprint density at radius 2 is 1.87 bits per heavy atom. The molecular weight excluding hydrogens is 293 g/mol. The van der Waals surface area contributed by atoms with E-state index in [2.05, 4.69) is 5.32 Å². The molecule has 0 aliphatic carbocycles. The third-order valence-electron chi connectivity index (χ3n) is 3.18. The maximum absolute atomic E-state index is 12.9. The van der Waals surface area contributed by atoms with E-state index in [9.17, 15) is 14.4 Å². The molecule has 0 aliphatic heterocycles. The number of anilines is 2. The zero-order chi connectivity index (χ0) is 16.7. The Balaban J connectivity index is 2.18. The number of hydrogen-bond donors (Lipinski definition) is 1. The van der Waals surface area contributed by atoms with E-state index in [-0.39, 0.29) is 11.4 Å². The van der Waals surface area contributed by atoms with Crippen molar-refractivity contribution in [1.29, 1.82) is 5.26 Å². The van der Waals surface area contributed by atoms with Gasteiger partial charge < -0.3 is 10.2 Å². The molecule has 0 saturated carbocycles. The zero-order valence-electron chi connectivity index (χ0n) is 12.7. The molecule has 116 valence electrons. The smallest absolute Gasteiger partial charge is 0.267 e. The molecular formula is C18H16FN3O. The summed E-state index contributed by atoms with van der Waals surface area (Å²) in [4.78, 5) is 14.0. The van der Waals surface area contributed by atoms with E-state index in [0.29, 0.717) is 12.2 Å². The summed E-state index contributed by atoms with van der Waals surface area (Å²) in [5, 5.41) is 11.8. The highest BCUT2D eigenvalue weighted by Gasteiger charge is 2.12. The minimum atomic E-state index is -0.534. The summed E-state index contributed by atoms with van der Waals surface area (Å²) in [6.45, 7) is 2.54. The van der Waals surface area contributed by atoms with E-state index < -0.39 is 5.91 Å². The van der Waals surface area contributed by atoms with Crippen molar-refractivity contribution in [1.82, 2.24) is 0 Å². The minimum absolute atomic E-state index is 0.0278. The lowest BCUT2D eigenvalue weighted by atomic mass is 10.2. The predicted octanol–water partition coefficient (Wildman–Crippen LogP) is 3.70. The average Bonchev–Trinajstić information content (AvgIpc) is 2.58. The Kier molecular flexibility index (Phi) is 5.48. The van der Waals surface area contributed by atoms with Crippen LogP contribution in [0, 0.1) is 17.1 Å². The third-order valence-corrected chi connectivity index (χ3v) is 3.18. The lowest BCUT2D eigenvalue weighted by Crippen LogP contribution is -2.20. The van der Waals surface area contributed by atoms with Crippen LogP contribution in [0.25, 0.3) is 0 Å². The molecule has 0 atom stereocenters. The van der Waals surface area contributed by atoms with Crippen LogP contribution in [-0.4, -0.2) is 12.5 Å². The van der Waals surface area contributed by atoms with Gasteiger partial charge in [0.2, 0.25) is 0 Å². The number of nitriles is 1. The summed E-state index contributed by atoms with van der Waals surface area (Å²) in [6.07, 6.45) is 1.51. The Bertz CT molecular complexity index is 733. The van der Waals surface area contributed by atoms with Crippen LogP contribution in [0.1, 0.15) is 6.92 Å². The Morgan fingerprint density at radius 1 is 1.22 bits per heavy atom. The van der Waals surface area contributed by atoms with Crippen LogP contribution in [0.5, 0.6) is 0 Å². The van der Waals surface area contributed by atoms with Crippen LogP contribution < -0.4 is 10.2 Å². The van der Waals surface area contributed by atoms with Crippen LogP contribution in [0.2, 0.25) is 0 Å². The predicted molar refractivity (Wildman–Crippen MR) is 88.2 cm³/mol. The normalized spacial score (nSPS) is 10.7. The molecule has 23 heavy (non-hydrogen) atoms. The second-order valence-corrected chi connectivity index (χ2v) is 4.74. The van der Waals surface area contributed by atoms with Crippen molar-refractivity contribution in [2.45, 2.75) is 6.92 Å². The van der Waals surface area contributed by atoms with Gasteiger partial charge in [0.25, 0.3) is 5.91 Å². The highest BCUT2D eigenvalue weighted by molar-refractivity contribution is 6.06. The fraction of sp³-hybridized carbons (Fsp3) is 0.111. The first-order valence-electron chi connectivity index (χ1n) is 7.14. The molecule has 1 N–H and O–H groups in total. The number of carbonyl (C=O) groups excluding carboxylic acids is 1. The zero-order valence-corrected chi connectivity index (χ0v) is 12.7. The lowest BCUT2D eigenvalue weighted by Gasteiger charge is -2.18. The topological polar surface area (TPSA) is 56.1 Å². The van der Waals surface area contributed by atoms with Gasteiger partial charge in [0.05, 0.1) is 0 Å². The number of rotatable bonds is 5. The maximum atomic E-state index is 12.9. The molecule has 2 rings (SSSR count). The molecule has 0 heterocycles. The number of halogens is 1. The summed E-state index contributed by atoms with van der Waals surface area (Å²) < 4.78 is 12.9. The summed E-state index contributed by atoms with van der Waals surface area (Å²) in [7, 11) is 0. The minimum Gasteiger partial charge on any atom is -0.347 e.